The largest absolute Gasteiger partial charge is 0.481 e. The molecule has 2 N–H and O–H groups in total. The first kappa shape index (κ1) is 15.4. The lowest BCUT2D eigenvalue weighted by atomic mass is 9.80. The van der Waals surface area contributed by atoms with E-state index in [9.17, 15) is 14.7 Å². The molecule has 5 nitrogen and oxygen atoms in total. The van der Waals surface area contributed by atoms with Gasteiger partial charge in [0.15, 0.2) is 0 Å². The summed E-state index contributed by atoms with van der Waals surface area (Å²) in [7, 11) is 0. The topological polar surface area (TPSA) is 69.6 Å². The number of nitrogens with zero attached hydrogens (tertiary/aromatic N) is 1. The van der Waals surface area contributed by atoms with E-state index >= 15 is 0 Å². The summed E-state index contributed by atoms with van der Waals surface area (Å²) in [4.78, 5) is 25.1. The van der Waals surface area contributed by atoms with Crippen LogP contribution in [-0.2, 0) is 11.2 Å². The van der Waals surface area contributed by atoms with Gasteiger partial charge in [0.25, 0.3) is 0 Å². The van der Waals surface area contributed by atoms with Crippen molar-refractivity contribution in [1.29, 1.82) is 0 Å². The lowest BCUT2D eigenvalue weighted by molar-refractivity contribution is -0.150. The molecule has 0 atom stereocenters. The van der Waals surface area contributed by atoms with E-state index in [-0.39, 0.29) is 6.03 Å². The van der Waals surface area contributed by atoms with Gasteiger partial charge < -0.3 is 15.3 Å². The molecule has 114 valence electrons. The molecule has 2 rings (SSSR count). The van der Waals surface area contributed by atoms with Crippen molar-refractivity contribution < 1.29 is 14.7 Å². The number of aryl methyl sites for hydroxylation is 1. The van der Waals surface area contributed by atoms with E-state index in [4.69, 9.17) is 0 Å². The molecule has 0 unspecified atom stereocenters. The monoisotopic (exact) mass is 290 g/mol. The molecule has 1 aromatic rings. The summed E-state index contributed by atoms with van der Waals surface area (Å²) in [6.45, 7) is 4.76. The van der Waals surface area contributed by atoms with Crippen LogP contribution < -0.4 is 5.32 Å². The smallest absolute Gasteiger partial charge is 0.321 e. The number of aliphatic carboxylic acids is 1. The van der Waals surface area contributed by atoms with Gasteiger partial charge in [-0.1, -0.05) is 19.1 Å². The first-order chi connectivity index (χ1) is 9.94. The Hall–Kier alpha value is -2.04. The van der Waals surface area contributed by atoms with Crippen LogP contribution >= 0.6 is 0 Å². The summed E-state index contributed by atoms with van der Waals surface area (Å²) in [5.41, 5.74) is 1.25. The predicted molar refractivity (Wildman–Crippen MR) is 81.4 cm³/mol. The zero-order chi connectivity index (χ0) is 15.5. The van der Waals surface area contributed by atoms with Gasteiger partial charge >= 0.3 is 12.0 Å². The highest BCUT2D eigenvalue weighted by atomic mass is 16.4. The molecule has 1 aliphatic heterocycles. The Labute approximate surface area is 125 Å². The van der Waals surface area contributed by atoms with Crippen LogP contribution in [0.5, 0.6) is 0 Å². The van der Waals surface area contributed by atoms with Crippen molar-refractivity contribution >= 4 is 17.7 Å². The zero-order valence-corrected chi connectivity index (χ0v) is 12.6. The molecule has 1 heterocycles. The van der Waals surface area contributed by atoms with Gasteiger partial charge in [0.2, 0.25) is 0 Å². The maximum Gasteiger partial charge on any atom is 0.321 e. The van der Waals surface area contributed by atoms with Gasteiger partial charge in [0, 0.05) is 18.8 Å². The molecular formula is C16H22N2O3. The SMILES string of the molecule is CCc1cccc(NC(=O)N2CCC(C)(C(=O)O)CC2)c1. The lowest BCUT2D eigenvalue weighted by Gasteiger charge is -2.36. The van der Waals surface area contributed by atoms with E-state index in [0.29, 0.717) is 25.9 Å². The average Bonchev–Trinajstić information content (AvgIpc) is 2.48. The maximum atomic E-state index is 12.2. The molecule has 0 aromatic heterocycles. The predicted octanol–water partition coefficient (Wildman–Crippen LogP) is 2.97. The van der Waals surface area contributed by atoms with Gasteiger partial charge in [-0.2, -0.15) is 0 Å². The van der Waals surface area contributed by atoms with Gasteiger partial charge in [-0.05, 0) is 43.9 Å². The van der Waals surface area contributed by atoms with E-state index < -0.39 is 11.4 Å². The van der Waals surface area contributed by atoms with Crippen LogP contribution in [0.1, 0.15) is 32.3 Å². The highest BCUT2D eigenvalue weighted by molar-refractivity contribution is 5.89. The molecule has 0 radical (unpaired) electrons. The van der Waals surface area contributed by atoms with Crippen molar-refractivity contribution in [2.24, 2.45) is 5.41 Å². The van der Waals surface area contributed by atoms with E-state index in [1.54, 1.807) is 11.8 Å². The number of carbonyl (C=O) groups excluding carboxylic acids is 1. The molecule has 1 fully saturated rings. The first-order valence-electron chi connectivity index (χ1n) is 7.33. The molecule has 0 bridgehead atoms. The maximum absolute atomic E-state index is 12.2. The number of amides is 2. The number of carboxylic acids is 1. The molecule has 1 saturated heterocycles. The minimum absolute atomic E-state index is 0.157. The normalized spacial score (nSPS) is 17.3. The van der Waals surface area contributed by atoms with Crippen LogP contribution in [0, 0.1) is 5.41 Å². The highest BCUT2D eigenvalue weighted by Crippen LogP contribution is 2.31. The summed E-state index contributed by atoms with van der Waals surface area (Å²) in [6.07, 6.45) is 1.90. The molecule has 1 aliphatic rings. The summed E-state index contributed by atoms with van der Waals surface area (Å²) >= 11 is 0. The molecule has 0 spiro atoms. The van der Waals surface area contributed by atoms with E-state index in [1.807, 2.05) is 24.3 Å². The number of hydrogen-bond donors (Lipinski definition) is 2. The van der Waals surface area contributed by atoms with Crippen LogP contribution in [0.2, 0.25) is 0 Å². The third-order valence-electron chi connectivity index (χ3n) is 4.26. The molecule has 0 saturated carbocycles. The Bertz CT molecular complexity index is 534. The summed E-state index contributed by atoms with van der Waals surface area (Å²) in [5, 5.41) is 12.1. The molecule has 1 aromatic carbocycles. The second-order valence-electron chi connectivity index (χ2n) is 5.84. The summed E-state index contributed by atoms with van der Waals surface area (Å²) in [6, 6.07) is 7.61. The second-order valence-corrected chi connectivity index (χ2v) is 5.84. The lowest BCUT2D eigenvalue weighted by Crippen LogP contribution is -2.46. The number of carboxylic acid groups (broad SMARTS) is 1. The Balaban J connectivity index is 1.94. The van der Waals surface area contributed by atoms with Gasteiger partial charge in [-0.25, -0.2) is 4.79 Å². The van der Waals surface area contributed by atoms with Crippen molar-refractivity contribution in [3.8, 4) is 0 Å². The molecule has 2 amide bonds. The molecule has 5 heteroatoms. The number of hydrogen-bond acceptors (Lipinski definition) is 2. The van der Waals surface area contributed by atoms with Crippen molar-refractivity contribution in [3.63, 3.8) is 0 Å². The standard InChI is InChI=1S/C16H22N2O3/c1-3-12-5-4-6-13(11-12)17-15(21)18-9-7-16(2,8-10-18)14(19)20/h4-6,11H,3,7-10H2,1-2H3,(H,17,21)(H,19,20). The van der Waals surface area contributed by atoms with Crippen molar-refractivity contribution in [3.05, 3.63) is 29.8 Å². The van der Waals surface area contributed by atoms with Crippen LogP contribution in [0.25, 0.3) is 0 Å². The minimum Gasteiger partial charge on any atom is -0.481 e. The van der Waals surface area contributed by atoms with Crippen LogP contribution in [0.4, 0.5) is 10.5 Å². The number of piperidine rings is 1. The zero-order valence-electron chi connectivity index (χ0n) is 12.6. The minimum atomic E-state index is -0.779. The fraction of sp³-hybridized carbons (Fsp3) is 0.500. The number of urea groups is 1. The highest BCUT2D eigenvalue weighted by Gasteiger charge is 2.38. The number of carbonyl (C=O) groups is 2. The Morgan fingerprint density at radius 1 is 1.33 bits per heavy atom. The average molecular weight is 290 g/mol. The third-order valence-corrected chi connectivity index (χ3v) is 4.26. The molecule has 21 heavy (non-hydrogen) atoms. The fourth-order valence-electron chi connectivity index (χ4n) is 2.49. The van der Waals surface area contributed by atoms with Crippen LogP contribution in [0.15, 0.2) is 24.3 Å². The fourth-order valence-corrected chi connectivity index (χ4v) is 2.49. The van der Waals surface area contributed by atoms with Crippen LogP contribution in [-0.4, -0.2) is 35.1 Å². The van der Waals surface area contributed by atoms with E-state index in [0.717, 1.165) is 12.1 Å². The quantitative estimate of drug-likeness (QED) is 0.899. The van der Waals surface area contributed by atoms with Gasteiger partial charge in [0.05, 0.1) is 5.41 Å². The second kappa shape index (κ2) is 6.16. The third kappa shape index (κ3) is 3.54. The Morgan fingerprint density at radius 3 is 2.57 bits per heavy atom. The van der Waals surface area contributed by atoms with Gasteiger partial charge in [-0.3, -0.25) is 4.79 Å². The number of likely N-dealkylation sites (tertiary alicyclic amines) is 1. The summed E-state index contributed by atoms with van der Waals surface area (Å²) in [5.74, 6) is -0.779. The Morgan fingerprint density at radius 2 is 2.00 bits per heavy atom. The van der Waals surface area contributed by atoms with Gasteiger partial charge in [0.1, 0.15) is 0 Å². The van der Waals surface area contributed by atoms with Crippen molar-refractivity contribution in [2.45, 2.75) is 33.1 Å². The number of nitrogens with one attached hydrogen (secondary N) is 1. The number of rotatable bonds is 3. The van der Waals surface area contributed by atoms with Crippen LogP contribution in [0.3, 0.4) is 0 Å². The van der Waals surface area contributed by atoms with Crippen molar-refractivity contribution in [1.82, 2.24) is 4.90 Å². The Kier molecular flexibility index (Phi) is 4.50. The number of benzene rings is 1. The molecular weight excluding hydrogens is 268 g/mol. The number of anilines is 1. The van der Waals surface area contributed by atoms with Crippen molar-refractivity contribution in [2.75, 3.05) is 18.4 Å². The summed E-state index contributed by atoms with van der Waals surface area (Å²) < 4.78 is 0. The first-order valence-corrected chi connectivity index (χ1v) is 7.33. The van der Waals surface area contributed by atoms with E-state index in [1.165, 1.54) is 5.56 Å². The molecule has 0 aliphatic carbocycles. The van der Waals surface area contributed by atoms with E-state index in [2.05, 4.69) is 12.2 Å². The van der Waals surface area contributed by atoms with Gasteiger partial charge in [-0.15, -0.1) is 0 Å².